The lowest BCUT2D eigenvalue weighted by Gasteiger charge is -2.04. The van der Waals surface area contributed by atoms with Crippen LogP contribution in [0.2, 0.25) is 0 Å². The molecule has 0 unspecified atom stereocenters. The lowest BCUT2D eigenvalue weighted by molar-refractivity contribution is -0.401. The minimum absolute atomic E-state index is 0.359. The molecule has 0 radical (unpaired) electrons. The van der Waals surface area contributed by atoms with Gasteiger partial charge in [0.25, 0.3) is 0 Å². The fourth-order valence-electron chi connectivity index (χ4n) is 1.81. The predicted molar refractivity (Wildman–Crippen MR) is 70.2 cm³/mol. The Balaban J connectivity index is 2.66. The largest absolute Gasteiger partial charge is 0.259 e. The maximum atomic E-state index is 10.6. The molecule has 92 valence electrons. The first-order valence-electron chi connectivity index (χ1n) is 6.13. The van der Waals surface area contributed by atoms with Gasteiger partial charge >= 0.3 is 0 Å². The van der Waals surface area contributed by atoms with Crippen LogP contribution in [0.5, 0.6) is 0 Å². The Bertz CT molecular complexity index is 371. The molecule has 17 heavy (non-hydrogen) atoms. The van der Waals surface area contributed by atoms with E-state index < -0.39 is 0 Å². The second kappa shape index (κ2) is 7.60. The first-order chi connectivity index (χ1) is 8.24. The molecule has 0 amide bonds. The Morgan fingerprint density at radius 1 is 1.24 bits per heavy atom. The number of hydrogen-bond donors (Lipinski definition) is 0. The molecule has 0 atom stereocenters. The van der Waals surface area contributed by atoms with Crippen LogP contribution in [-0.2, 0) is 0 Å². The summed E-state index contributed by atoms with van der Waals surface area (Å²) < 4.78 is 0. The van der Waals surface area contributed by atoms with E-state index in [1.165, 1.54) is 12.8 Å². The van der Waals surface area contributed by atoms with Gasteiger partial charge in [-0.05, 0) is 18.4 Å². The number of rotatable bonds is 7. The number of unbranched alkanes of at least 4 members (excludes halogenated alkanes) is 3. The summed E-state index contributed by atoms with van der Waals surface area (Å²) in [6.07, 6.45) is 6.45. The van der Waals surface area contributed by atoms with Crippen molar-refractivity contribution in [2.45, 2.75) is 39.0 Å². The smallest absolute Gasteiger partial charge is 0.238 e. The zero-order valence-electron chi connectivity index (χ0n) is 10.3. The molecule has 0 aliphatic rings. The average Bonchev–Trinajstić information content (AvgIpc) is 2.34. The van der Waals surface area contributed by atoms with Gasteiger partial charge < -0.3 is 0 Å². The molecule has 0 aliphatic carbocycles. The summed E-state index contributed by atoms with van der Waals surface area (Å²) >= 11 is 0. The van der Waals surface area contributed by atoms with Crippen molar-refractivity contribution in [1.29, 1.82) is 0 Å². The fraction of sp³-hybridized carbons (Fsp3) is 0.429. The summed E-state index contributed by atoms with van der Waals surface area (Å²) in [5, 5.41) is 10.6. The van der Waals surface area contributed by atoms with E-state index in [1.807, 2.05) is 30.3 Å². The molecule has 0 saturated carbocycles. The van der Waals surface area contributed by atoms with Gasteiger partial charge in [0, 0.05) is 5.57 Å². The molecule has 0 aromatic heterocycles. The van der Waals surface area contributed by atoms with Crippen LogP contribution in [0.3, 0.4) is 0 Å². The minimum atomic E-state index is -0.359. The van der Waals surface area contributed by atoms with E-state index in [4.69, 9.17) is 0 Å². The summed E-state index contributed by atoms with van der Waals surface area (Å²) in [4.78, 5) is 10.2. The third-order valence-corrected chi connectivity index (χ3v) is 2.71. The lowest BCUT2D eigenvalue weighted by Crippen LogP contribution is -1.92. The summed E-state index contributed by atoms with van der Waals surface area (Å²) in [7, 11) is 0. The van der Waals surface area contributed by atoms with Crippen molar-refractivity contribution in [3.05, 3.63) is 52.2 Å². The van der Waals surface area contributed by atoms with Crippen LogP contribution in [0.1, 0.15) is 44.6 Å². The molecule has 1 rings (SSSR count). The van der Waals surface area contributed by atoms with Gasteiger partial charge in [-0.1, -0.05) is 56.5 Å². The van der Waals surface area contributed by atoms with Crippen LogP contribution < -0.4 is 0 Å². The van der Waals surface area contributed by atoms with Gasteiger partial charge in [0.15, 0.2) is 0 Å². The molecular formula is C14H19NO2. The topological polar surface area (TPSA) is 43.1 Å². The summed E-state index contributed by atoms with van der Waals surface area (Å²) in [6, 6.07) is 9.60. The number of nitrogens with zero attached hydrogens (tertiary/aromatic N) is 1. The minimum Gasteiger partial charge on any atom is -0.259 e. The van der Waals surface area contributed by atoms with E-state index in [0.717, 1.165) is 36.6 Å². The van der Waals surface area contributed by atoms with Crippen molar-refractivity contribution in [1.82, 2.24) is 0 Å². The molecule has 0 N–H and O–H groups in total. The van der Waals surface area contributed by atoms with Crippen LogP contribution in [0, 0.1) is 10.1 Å². The zero-order valence-corrected chi connectivity index (χ0v) is 10.3. The van der Waals surface area contributed by atoms with Crippen LogP contribution in [0.25, 0.3) is 5.57 Å². The molecule has 0 aliphatic heterocycles. The van der Waals surface area contributed by atoms with Gasteiger partial charge in [-0.2, -0.15) is 0 Å². The highest BCUT2D eigenvalue weighted by Crippen LogP contribution is 2.21. The van der Waals surface area contributed by atoms with Gasteiger partial charge in [-0.25, -0.2) is 0 Å². The van der Waals surface area contributed by atoms with E-state index in [-0.39, 0.29) is 4.92 Å². The first-order valence-corrected chi connectivity index (χ1v) is 6.13. The normalized spacial score (nSPS) is 11.5. The van der Waals surface area contributed by atoms with Crippen LogP contribution in [-0.4, -0.2) is 4.92 Å². The zero-order chi connectivity index (χ0) is 12.5. The average molecular weight is 233 g/mol. The SMILES string of the molecule is CCCCCC/C(=C/[N+](=O)[O-])c1ccccc1. The molecule has 0 heterocycles. The van der Waals surface area contributed by atoms with E-state index in [2.05, 4.69) is 6.92 Å². The summed E-state index contributed by atoms with van der Waals surface area (Å²) in [6.45, 7) is 2.16. The van der Waals surface area contributed by atoms with Crippen molar-refractivity contribution >= 4 is 5.57 Å². The van der Waals surface area contributed by atoms with Crippen LogP contribution in [0.15, 0.2) is 36.5 Å². The summed E-state index contributed by atoms with van der Waals surface area (Å²) in [5.74, 6) is 0. The Morgan fingerprint density at radius 2 is 1.94 bits per heavy atom. The van der Waals surface area contributed by atoms with Crippen molar-refractivity contribution in [3.8, 4) is 0 Å². The second-order valence-electron chi connectivity index (χ2n) is 4.12. The molecule has 1 aromatic rings. The van der Waals surface area contributed by atoms with Crippen LogP contribution in [0.4, 0.5) is 0 Å². The van der Waals surface area contributed by atoms with Crippen molar-refractivity contribution in [2.24, 2.45) is 0 Å². The number of benzene rings is 1. The van der Waals surface area contributed by atoms with E-state index >= 15 is 0 Å². The monoisotopic (exact) mass is 233 g/mol. The maximum Gasteiger partial charge on any atom is 0.238 e. The van der Waals surface area contributed by atoms with Crippen molar-refractivity contribution in [3.63, 3.8) is 0 Å². The van der Waals surface area contributed by atoms with Gasteiger partial charge in [-0.15, -0.1) is 0 Å². The number of allylic oxidation sites excluding steroid dienone is 1. The molecule has 3 heteroatoms. The fourth-order valence-corrected chi connectivity index (χ4v) is 1.81. The van der Waals surface area contributed by atoms with E-state index in [9.17, 15) is 10.1 Å². The Kier molecular flexibility index (Phi) is 6.00. The Morgan fingerprint density at radius 3 is 2.53 bits per heavy atom. The molecule has 0 spiro atoms. The highest BCUT2D eigenvalue weighted by Gasteiger charge is 2.05. The quantitative estimate of drug-likeness (QED) is 0.401. The van der Waals surface area contributed by atoms with Gasteiger partial charge in [0.1, 0.15) is 0 Å². The third kappa shape index (κ3) is 5.29. The van der Waals surface area contributed by atoms with Gasteiger partial charge in [0.2, 0.25) is 6.20 Å². The first kappa shape index (κ1) is 13.4. The second-order valence-corrected chi connectivity index (χ2v) is 4.12. The van der Waals surface area contributed by atoms with Crippen molar-refractivity contribution < 1.29 is 4.92 Å². The Labute approximate surface area is 102 Å². The number of hydrogen-bond acceptors (Lipinski definition) is 2. The van der Waals surface area contributed by atoms with Crippen molar-refractivity contribution in [2.75, 3.05) is 0 Å². The molecule has 3 nitrogen and oxygen atoms in total. The summed E-state index contributed by atoms with van der Waals surface area (Å²) in [5.41, 5.74) is 1.78. The van der Waals surface area contributed by atoms with Gasteiger partial charge in [-0.3, -0.25) is 10.1 Å². The van der Waals surface area contributed by atoms with Gasteiger partial charge in [0.05, 0.1) is 4.92 Å². The highest BCUT2D eigenvalue weighted by molar-refractivity contribution is 5.64. The highest BCUT2D eigenvalue weighted by atomic mass is 16.6. The number of nitro groups is 1. The molecule has 1 aromatic carbocycles. The lowest BCUT2D eigenvalue weighted by atomic mass is 10.0. The third-order valence-electron chi connectivity index (χ3n) is 2.71. The maximum absolute atomic E-state index is 10.6. The van der Waals surface area contributed by atoms with Crippen LogP contribution >= 0.6 is 0 Å². The van der Waals surface area contributed by atoms with E-state index in [1.54, 1.807) is 0 Å². The molecule has 0 fully saturated rings. The standard InChI is InChI=1S/C14H19NO2/c1-2-3-4-6-11-14(12-15(16)17)13-9-7-5-8-10-13/h5,7-10,12H,2-4,6,11H2,1H3/b14-12-. The molecule has 0 bridgehead atoms. The predicted octanol–water partition coefficient (Wildman–Crippen LogP) is 4.27. The molecule has 0 saturated heterocycles. The van der Waals surface area contributed by atoms with E-state index in [0.29, 0.717) is 0 Å². The molecular weight excluding hydrogens is 214 g/mol. The Hall–Kier alpha value is -1.64.